The monoisotopic (exact) mass is 552 g/mol. The van der Waals surface area contributed by atoms with E-state index in [1.54, 1.807) is 30.3 Å². The average molecular weight is 553 g/mol. The number of thiocarbonyl (C=S) groups is 1. The molecule has 0 unspecified atom stereocenters. The van der Waals surface area contributed by atoms with Crippen LogP contribution in [0.15, 0.2) is 65.6 Å². The number of anilines is 2. The van der Waals surface area contributed by atoms with E-state index in [0.29, 0.717) is 38.0 Å². The van der Waals surface area contributed by atoms with E-state index in [9.17, 15) is 9.59 Å². The molecule has 1 aliphatic heterocycles. The number of hydrogen-bond acceptors (Lipinski definition) is 6. The first-order valence-corrected chi connectivity index (χ1v) is 13.2. The van der Waals surface area contributed by atoms with Crippen molar-refractivity contribution in [2.75, 3.05) is 23.4 Å². The Balaban J connectivity index is 1.49. The second-order valence-corrected chi connectivity index (χ2v) is 10.3. The zero-order chi connectivity index (χ0) is 26.5. The highest BCUT2D eigenvalue weighted by atomic mass is 35.5. The summed E-state index contributed by atoms with van der Waals surface area (Å²) in [6.07, 6.45) is 1.76. The highest BCUT2D eigenvalue weighted by Crippen LogP contribution is 2.38. The van der Waals surface area contributed by atoms with Crippen LogP contribution < -0.4 is 19.7 Å². The Labute approximate surface area is 230 Å². The number of nitrogens with one attached hydrogen (secondary N) is 1. The fourth-order valence-corrected chi connectivity index (χ4v) is 5.08. The van der Waals surface area contributed by atoms with Gasteiger partial charge >= 0.3 is 0 Å². The third-order valence-corrected chi connectivity index (χ3v) is 7.26. The highest BCUT2D eigenvalue weighted by Gasteiger charge is 2.33. The molecule has 1 aliphatic rings. The van der Waals surface area contributed by atoms with Crippen molar-refractivity contribution in [1.82, 2.24) is 0 Å². The number of para-hydroxylation sites is 1. The summed E-state index contributed by atoms with van der Waals surface area (Å²) in [5.41, 5.74) is 3.99. The molecule has 0 aromatic heterocycles. The molecule has 0 aliphatic carbocycles. The molecule has 9 heteroatoms. The van der Waals surface area contributed by atoms with Crippen LogP contribution in [0.2, 0.25) is 5.02 Å². The van der Waals surface area contributed by atoms with Gasteiger partial charge in [0.25, 0.3) is 11.8 Å². The molecule has 1 fully saturated rings. The Morgan fingerprint density at radius 1 is 1.05 bits per heavy atom. The second-order valence-electron chi connectivity index (χ2n) is 8.24. The van der Waals surface area contributed by atoms with Gasteiger partial charge in [-0.2, -0.15) is 0 Å². The number of carbonyl (C=O) groups excluding carboxylic acids is 2. The van der Waals surface area contributed by atoms with E-state index in [0.717, 1.165) is 22.4 Å². The number of aryl methyl sites for hydroxylation is 2. The van der Waals surface area contributed by atoms with Crippen molar-refractivity contribution in [1.29, 1.82) is 0 Å². The van der Waals surface area contributed by atoms with Gasteiger partial charge in [-0.25, -0.2) is 0 Å². The smallest absolute Gasteiger partial charge is 0.270 e. The van der Waals surface area contributed by atoms with Gasteiger partial charge in [-0.05, 0) is 73.9 Å². The number of hydrogen-bond donors (Lipinski definition) is 1. The minimum absolute atomic E-state index is 0.175. The van der Waals surface area contributed by atoms with Crippen molar-refractivity contribution in [3.63, 3.8) is 0 Å². The molecule has 1 heterocycles. The molecule has 3 aromatic carbocycles. The van der Waals surface area contributed by atoms with Crippen LogP contribution in [0.1, 0.15) is 23.6 Å². The molecule has 37 heavy (non-hydrogen) atoms. The Morgan fingerprint density at radius 3 is 2.57 bits per heavy atom. The summed E-state index contributed by atoms with van der Waals surface area (Å²) in [5, 5.41) is 3.41. The number of amides is 2. The molecular weight excluding hydrogens is 528 g/mol. The van der Waals surface area contributed by atoms with E-state index >= 15 is 0 Å². The van der Waals surface area contributed by atoms with Gasteiger partial charge in [0.2, 0.25) is 0 Å². The maximum absolute atomic E-state index is 13.2. The number of benzene rings is 3. The molecule has 0 atom stereocenters. The van der Waals surface area contributed by atoms with Gasteiger partial charge in [0, 0.05) is 10.7 Å². The number of rotatable bonds is 8. The largest absolute Gasteiger partial charge is 0.490 e. The second kappa shape index (κ2) is 11.8. The molecule has 2 amide bonds. The van der Waals surface area contributed by atoms with E-state index < -0.39 is 0 Å². The van der Waals surface area contributed by atoms with Crippen molar-refractivity contribution in [2.45, 2.75) is 20.8 Å². The molecule has 1 N–H and O–H groups in total. The fourth-order valence-electron chi connectivity index (χ4n) is 3.61. The van der Waals surface area contributed by atoms with Crippen molar-refractivity contribution in [3.8, 4) is 11.5 Å². The SMILES string of the molecule is CCOc1cc(/C=C2\SC(=S)N(c3ccc(C)c(Cl)c3)C2=O)ccc1OCC(=O)Nc1ccccc1C. The van der Waals surface area contributed by atoms with Gasteiger partial charge < -0.3 is 14.8 Å². The van der Waals surface area contributed by atoms with Crippen LogP contribution in [0.4, 0.5) is 11.4 Å². The van der Waals surface area contributed by atoms with Crippen molar-refractivity contribution < 1.29 is 19.1 Å². The third kappa shape index (κ3) is 6.33. The maximum Gasteiger partial charge on any atom is 0.270 e. The Hall–Kier alpha value is -3.33. The van der Waals surface area contributed by atoms with Crippen LogP contribution in [-0.4, -0.2) is 29.3 Å². The summed E-state index contributed by atoms with van der Waals surface area (Å²) in [4.78, 5) is 27.5. The molecular formula is C28H25ClN2O4S2. The molecule has 1 saturated heterocycles. The van der Waals surface area contributed by atoms with E-state index in [2.05, 4.69) is 5.32 Å². The van der Waals surface area contributed by atoms with Gasteiger partial charge in [0.15, 0.2) is 22.4 Å². The normalized spacial score (nSPS) is 14.3. The number of thioether (sulfide) groups is 1. The number of halogens is 1. The lowest BCUT2D eigenvalue weighted by Gasteiger charge is -2.15. The summed E-state index contributed by atoms with van der Waals surface area (Å²) >= 11 is 12.9. The van der Waals surface area contributed by atoms with Crippen molar-refractivity contribution in [3.05, 3.63) is 87.3 Å². The van der Waals surface area contributed by atoms with Gasteiger partial charge in [-0.1, -0.05) is 65.9 Å². The predicted octanol–water partition coefficient (Wildman–Crippen LogP) is 6.78. The number of ether oxygens (including phenoxy) is 2. The first-order valence-electron chi connectivity index (χ1n) is 11.6. The van der Waals surface area contributed by atoms with Gasteiger partial charge in [0.1, 0.15) is 0 Å². The van der Waals surface area contributed by atoms with Crippen LogP contribution in [0, 0.1) is 13.8 Å². The van der Waals surface area contributed by atoms with Crippen LogP contribution >= 0.6 is 35.6 Å². The summed E-state index contributed by atoms with van der Waals surface area (Å²) in [7, 11) is 0. The molecule has 190 valence electrons. The lowest BCUT2D eigenvalue weighted by Crippen LogP contribution is -2.27. The third-order valence-electron chi connectivity index (χ3n) is 5.55. The summed E-state index contributed by atoms with van der Waals surface area (Å²) in [5.74, 6) is 0.406. The van der Waals surface area contributed by atoms with Crippen molar-refractivity contribution >= 4 is 69.2 Å². The van der Waals surface area contributed by atoms with E-state index in [1.807, 2.05) is 57.2 Å². The molecule has 0 spiro atoms. The standard InChI is InChI=1S/C28H25ClN2O4S2/c1-4-34-24-13-19(10-12-23(24)35-16-26(32)30-22-8-6-5-7-18(22)3)14-25-27(33)31(28(36)37-25)20-11-9-17(2)21(29)15-20/h5-15H,4,16H2,1-3H3,(H,30,32)/b25-14-. The first kappa shape index (κ1) is 26.7. The minimum Gasteiger partial charge on any atom is -0.490 e. The lowest BCUT2D eigenvalue weighted by atomic mass is 10.1. The van der Waals surface area contributed by atoms with Crippen LogP contribution in [0.25, 0.3) is 6.08 Å². The molecule has 0 radical (unpaired) electrons. The lowest BCUT2D eigenvalue weighted by molar-refractivity contribution is -0.118. The average Bonchev–Trinajstić information content (AvgIpc) is 3.14. The van der Waals surface area contributed by atoms with Crippen molar-refractivity contribution in [2.24, 2.45) is 0 Å². The highest BCUT2D eigenvalue weighted by molar-refractivity contribution is 8.27. The quantitative estimate of drug-likeness (QED) is 0.245. The molecule has 4 rings (SSSR count). The minimum atomic E-state index is -0.277. The molecule has 0 saturated carbocycles. The van der Waals surface area contributed by atoms with Crippen LogP contribution in [-0.2, 0) is 9.59 Å². The molecule has 0 bridgehead atoms. The Kier molecular flexibility index (Phi) is 8.53. The first-order chi connectivity index (χ1) is 17.8. The zero-order valence-corrected chi connectivity index (χ0v) is 22.9. The topological polar surface area (TPSA) is 67.9 Å². The number of carbonyl (C=O) groups is 2. The van der Waals surface area contributed by atoms with E-state index in [4.69, 9.17) is 33.3 Å². The maximum atomic E-state index is 13.2. The molecule has 3 aromatic rings. The fraction of sp³-hybridized carbons (Fsp3) is 0.179. The Morgan fingerprint density at radius 2 is 1.84 bits per heavy atom. The summed E-state index contributed by atoms with van der Waals surface area (Å²) in [6, 6.07) is 18.2. The zero-order valence-electron chi connectivity index (χ0n) is 20.5. The van der Waals surface area contributed by atoms with Crippen LogP contribution in [0.5, 0.6) is 11.5 Å². The Bertz CT molecular complexity index is 1410. The van der Waals surface area contributed by atoms with E-state index in [-0.39, 0.29) is 18.4 Å². The van der Waals surface area contributed by atoms with Gasteiger partial charge in [-0.3, -0.25) is 14.5 Å². The number of nitrogens with zero attached hydrogens (tertiary/aromatic N) is 1. The molecule has 6 nitrogen and oxygen atoms in total. The summed E-state index contributed by atoms with van der Waals surface area (Å²) < 4.78 is 11.9. The van der Waals surface area contributed by atoms with Gasteiger partial charge in [0.05, 0.1) is 17.2 Å². The van der Waals surface area contributed by atoms with Crippen LogP contribution in [0.3, 0.4) is 0 Å². The summed E-state index contributed by atoms with van der Waals surface area (Å²) in [6.45, 7) is 5.92. The predicted molar refractivity (Wildman–Crippen MR) is 155 cm³/mol. The van der Waals surface area contributed by atoms with Gasteiger partial charge in [-0.15, -0.1) is 0 Å². The van der Waals surface area contributed by atoms with E-state index in [1.165, 1.54) is 16.7 Å².